The Hall–Kier alpha value is -0.860. The number of nitrogens with one attached hydrogen (secondary N) is 1. The molecule has 1 saturated carbocycles. The van der Waals surface area contributed by atoms with Crippen molar-refractivity contribution in [2.45, 2.75) is 18.1 Å². The van der Waals surface area contributed by atoms with Gasteiger partial charge >= 0.3 is 0 Å². The van der Waals surface area contributed by atoms with Crippen molar-refractivity contribution >= 4 is 0 Å². The summed E-state index contributed by atoms with van der Waals surface area (Å²) in [7, 11) is 0. The Balaban J connectivity index is 1.94. The summed E-state index contributed by atoms with van der Waals surface area (Å²) in [6.07, 6.45) is 0.972. The van der Waals surface area contributed by atoms with Crippen molar-refractivity contribution in [1.82, 2.24) is 5.32 Å². The fraction of sp³-hybridized carbons (Fsp3) is 0.455. The summed E-state index contributed by atoms with van der Waals surface area (Å²) in [6.45, 7) is 0.968. The first-order chi connectivity index (χ1) is 6.31. The van der Waals surface area contributed by atoms with E-state index in [0.29, 0.717) is 5.92 Å². The summed E-state index contributed by atoms with van der Waals surface area (Å²) < 4.78 is 0. The normalized spacial score (nSPS) is 41.6. The molecule has 0 amide bonds. The summed E-state index contributed by atoms with van der Waals surface area (Å²) in [4.78, 5) is 0. The van der Waals surface area contributed by atoms with E-state index in [1.54, 1.807) is 0 Å². The summed E-state index contributed by atoms with van der Waals surface area (Å²) in [5.74, 6) is 0.498. The molecule has 3 unspecified atom stereocenters. The van der Waals surface area contributed by atoms with Crippen molar-refractivity contribution in [2.75, 3.05) is 6.54 Å². The molecule has 13 heavy (non-hydrogen) atoms. The number of rotatable bonds is 1. The van der Waals surface area contributed by atoms with E-state index in [2.05, 4.69) is 17.4 Å². The van der Waals surface area contributed by atoms with E-state index in [-0.39, 0.29) is 6.04 Å². The van der Waals surface area contributed by atoms with Gasteiger partial charge in [-0.3, -0.25) is 0 Å². The fourth-order valence-corrected chi connectivity index (χ4v) is 2.43. The lowest BCUT2D eigenvalue weighted by Gasteiger charge is -2.18. The van der Waals surface area contributed by atoms with Crippen LogP contribution in [0.25, 0.3) is 0 Å². The summed E-state index contributed by atoms with van der Waals surface area (Å²) in [5, 5.41) is 13.5. The van der Waals surface area contributed by atoms with E-state index in [9.17, 15) is 5.11 Å². The smallest absolute Gasteiger partial charge is 0.0886 e. The number of aliphatic hydroxyl groups is 1. The standard InChI is InChI=1S/C11H13NO/c13-11-6-9(11)7-12-10(11)8-4-2-1-3-5-8/h1-5,9-10,12-13H,6-7H2. The zero-order valence-corrected chi connectivity index (χ0v) is 7.40. The number of fused-ring (bicyclic) bond motifs is 1. The fourth-order valence-electron chi connectivity index (χ4n) is 2.43. The Labute approximate surface area is 77.6 Å². The molecular formula is C11H13NO. The van der Waals surface area contributed by atoms with E-state index in [1.807, 2.05) is 18.2 Å². The Morgan fingerprint density at radius 3 is 2.62 bits per heavy atom. The highest BCUT2D eigenvalue weighted by Crippen LogP contribution is 2.55. The van der Waals surface area contributed by atoms with Gasteiger partial charge in [-0.05, 0) is 12.0 Å². The lowest BCUT2D eigenvalue weighted by molar-refractivity contribution is 0.116. The van der Waals surface area contributed by atoms with Gasteiger partial charge in [-0.2, -0.15) is 0 Å². The molecule has 1 aromatic carbocycles. The van der Waals surface area contributed by atoms with Gasteiger partial charge in [0.1, 0.15) is 0 Å². The van der Waals surface area contributed by atoms with Crippen molar-refractivity contribution in [3.8, 4) is 0 Å². The van der Waals surface area contributed by atoms with Gasteiger partial charge in [-0.15, -0.1) is 0 Å². The van der Waals surface area contributed by atoms with Crippen LogP contribution in [0.4, 0.5) is 0 Å². The predicted octanol–water partition coefficient (Wildman–Crippen LogP) is 1.08. The number of benzene rings is 1. The van der Waals surface area contributed by atoms with Crippen LogP contribution in [0.2, 0.25) is 0 Å². The van der Waals surface area contributed by atoms with Gasteiger partial charge in [-0.1, -0.05) is 30.3 Å². The van der Waals surface area contributed by atoms with Gasteiger partial charge in [0.2, 0.25) is 0 Å². The molecule has 2 N–H and O–H groups in total. The molecule has 0 spiro atoms. The van der Waals surface area contributed by atoms with Gasteiger partial charge < -0.3 is 10.4 Å². The molecule has 1 aromatic rings. The van der Waals surface area contributed by atoms with Crippen molar-refractivity contribution < 1.29 is 5.11 Å². The zero-order chi connectivity index (χ0) is 8.89. The van der Waals surface area contributed by atoms with Crippen molar-refractivity contribution in [3.05, 3.63) is 35.9 Å². The first-order valence-electron chi connectivity index (χ1n) is 4.81. The molecule has 2 aliphatic rings. The second kappa shape index (κ2) is 2.34. The van der Waals surface area contributed by atoms with Crippen LogP contribution >= 0.6 is 0 Å². The zero-order valence-electron chi connectivity index (χ0n) is 7.40. The molecular weight excluding hydrogens is 162 g/mol. The predicted molar refractivity (Wildman–Crippen MR) is 50.2 cm³/mol. The van der Waals surface area contributed by atoms with Gasteiger partial charge in [-0.25, -0.2) is 0 Å². The highest BCUT2D eigenvalue weighted by atomic mass is 16.3. The van der Waals surface area contributed by atoms with Crippen molar-refractivity contribution in [3.63, 3.8) is 0 Å². The van der Waals surface area contributed by atoms with Crippen LogP contribution in [-0.4, -0.2) is 17.3 Å². The Morgan fingerprint density at radius 1 is 1.31 bits per heavy atom. The van der Waals surface area contributed by atoms with Crippen LogP contribution in [-0.2, 0) is 0 Å². The molecule has 1 saturated heterocycles. The van der Waals surface area contributed by atoms with Crippen LogP contribution in [0.15, 0.2) is 30.3 Å². The van der Waals surface area contributed by atoms with Crippen LogP contribution in [0, 0.1) is 5.92 Å². The number of piperidine rings is 1. The quantitative estimate of drug-likeness (QED) is 0.669. The van der Waals surface area contributed by atoms with Gasteiger partial charge in [0.05, 0.1) is 11.6 Å². The average molecular weight is 175 g/mol. The van der Waals surface area contributed by atoms with E-state index in [1.165, 1.54) is 5.56 Å². The van der Waals surface area contributed by atoms with Crippen LogP contribution in [0.1, 0.15) is 18.0 Å². The molecule has 3 rings (SSSR count). The lowest BCUT2D eigenvalue weighted by Crippen LogP contribution is -2.26. The van der Waals surface area contributed by atoms with Crippen molar-refractivity contribution in [1.29, 1.82) is 0 Å². The molecule has 0 aromatic heterocycles. The first-order valence-corrected chi connectivity index (χ1v) is 4.81. The average Bonchev–Trinajstić information content (AvgIpc) is 2.71. The molecule has 1 heterocycles. The molecule has 1 aliphatic heterocycles. The third kappa shape index (κ3) is 0.960. The van der Waals surface area contributed by atoms with E-state index in [0.717, 1.165) is 13.0 Å². The monoisotopic (exact) mass is 175 g/mol. The first kappa shape index (κ1) is 7.54. The summed E-state index contributed by atoms with van der Waals surface area (Å²) >= 11 is 0. The van der Waals surface area contributed by atoms with Gasteiger partial charge in [0.25, 0.3) is 0 Å². The maximum Gasteiger partial charge on any atom is 0.0886 e. The molecule has 0 radical (unpaired) electrons. The second-order valence-corrected chi connectivity index (χ2v) is 4.14. The minimum absolute atomic E-state index is 0.165. The Bertz CT molecular complexity index is 322. The topological polar surface area (TPSA) is 32.3 Å². The SMILES string of the molecule is OC12CC1CNC2c1ccccc1. The minimum atomic E-state index is -0.429. The maximum atomic E-state index is 10.1. The molecule has 2 heteroatoms. The van der Waals surface area contributed by atoms with Crippen molar-refractivity contribution in [2.24, 2.45) is 5.92 Å². The largest absolute Gasteiger partial charge is 0.388 e. The van der Waals surface area contributed by atoms with E-state index in [4.69, 9.17) is 0 Å². The van der Waals surface area contributed by atoms with Crippen LogP contribution in [0.5, 0.6) is 0 Å². The van der Waals surface area contributed by atoms with Gasteiger partial charge in [0.15, 0.2) is 0 Å². The highest BCUT2D eigenvalue weighted by molar-refractivity contribution is 5.30. The van der Waals surface area contributed by atoms with E-state index >= 15 is 0 Å². The molecule has 3 atom stereocenters. The third-order valence-electron chi connectivity index (χ3n) is 3.32. The van der Waals surface area contributed by atoms with Crippen LogP contribution < -0.4 is 5.32 Å². The highest BCUT2D eigenvalue weighted by Gasteiger charge is 2.62. The van der Waals surface area contributed by atoms with Crippen LogP contribution in [0.3, 0.4) is 0 Å². The number of hydrogen-bond donors (Lipinski definition) is 2. The summed E-state index contributed by atoms with van der Waals surface area (Å²) in [6, 6.07) is 10.4. The molecule has 1 aliphatic carbocycles. The Kier molecular flexibility index (Phi) is 1.35. The van der Waals surface area contributed by atoms with Gasteiger partial charge in [0, 0.05) is 12.5 Å². The third-order valence-corrected chi connectivity index (χ3v) is 3.32. The molecule has 68 valence electrons. The maximum absolute atomic E-state index is 10.1. The van der Waals surface area contributed by atoms with E-state index < -0.39 is 5.60 Å². The molecule has 0 bridgehead atoms. The Morgan fingerprint density at radius 2 is 2.08 bits per heavy atom. The lowest BCUT2D eigenvalue weighted by atomic mass is 10.0. The second-order valence-electron chi connectivity index (χ2n) is 4.14. The summed E-state index contributed by atoms with van der Waals surface area (Å²) in [5.41, 5.74) is 0.784. The number of hydrogen-bond acceptors (Lipinski definition) is 2. The molecule has 2 fully saturated rings. The molecule has 2 nitrogen and oxygen atoms in total. The minimum Gasteiger partial charge on any atom is -0.388 e.